The molecule has 0 spiro atoms. The third-order valence-corrected chi connectivity index (χ3v) is 5.76. The molecule has 0 bridgehead atoms. The molecule has 1 saturated heterocycles. The second-order valence-electron chi connectivity index (χ2n) is 7.93. The summed E-state index contributed by atoms with van der Waals surface area (Å²) < 4.78 is 22.4. The Balaban J connectivity index is 1.67. The van der Waals surface area contributed by atoms with Gasteiger partial charge in [-0.15, -0.1) is 0 Å². The molecular weight excluding hydrogens is 413 g/mol. The number of hydrogen-bond acceptors (Lipinski definition) is 4. The summed E-state index contributed by atoms with van der Waals surface area (Å²) in [7, 11) is 1.74. The number of aromatic nitrogens is 4. The van der Waals surface area contributed by atoms with E-state index in [-0.39, 0.29) is 23.5 Å². The van der Waals surface area contributed by atoms with Crippen LogP contribution in [-0.2, 0) is 16.6 Å². The maximum Gasteiger partial charge on any atom is 0.329 e. The summed E-state index contributed by atoms with van der Waals surface area (Å²) in [6.45, 7) is 2.57. The minimum absolute atomic E-state index is 0.0172. The van der Waals surface area contributed by atoms with E-state index in [0.717, 1.165) is 28.6 Å². The number of benzene rings is 2. The molecule has 9 heteroatoms. The summed E-state index contributed by atoms with van der Waals surface area (Å²) >= 11 is 0. The first-order valence-electron chi connectivity index (χ1n) is 10.3. The van der Waals surface area contributed by atoms with E-state index in [1.807, 2.05) is 18.2 Å². The smallest absolute Gasteiger partial charge is 0.329 e. The highest BCUT2D eigenvalue weighted by molar-refractivity contribution is 5.90. The van der Waals surface area contributed by atoms with Crippen molar-refractivity contribution in [2.45, 2.75) is 19.4 Å². The minimum Gasteiger partial charge on any atom is -0.379 e. The lowest BCUT2D eigenvalue weighted by Crippen LogP contribution is -2.26. The number of halogens is 1. The molecule has 1 aliphatic heterocycles. The highest BCUT2D eigenvalue weighted by atomic mass is 19.1. The van der Waals surface area contributed by atoms with Crippen LogP contribution in [0.4, 0.5) is 10.3 Å². The first kappa shape index (κ1) is 20.2. The molecule has 2 N–H and O–H groups in total. The van der Waals surface area contributed by atoms with Crippen LogP contribution in [0, 0.1) is 5.82 Å². The van der Waals surface area contributed by atoms with Crippen LogP contribution >= 0.6 is 0 Å². The van der Waals surface area contributed by atoms with E-state index in [0.29, 0.717) is 30.5 Å². The summed E-state index contributed by atoms with van der Waals surface area (Å²) in [5, 5.41) is 2.66. The maximum absolute atomic E-state index is 13.5. The number of H-pyrrole nitrogens is 1. The summed E-state index contributed by atoms with van der Waals surface area (Å²) in [4.78, 5) is 32.2. The third kappa shape index (κ3) is 3.40. The first-order chi connectivity index (χ1) is 15.4. The molecule has 32 heavy (non-hydrogen) atoms. The van der Waals surface area contributed by atoms with Gasteiger partial charge in [-0.2, -0.15) is 0 Å². The maximum atomic E-state index is 13.5. The molecule has 1 aliphatic rings. The minimum atomic E-state index is -0.342. The van der Waals surface area contributed by atoms with E-state index in [4.69, 9.17) is 4.74 Å². The summed E-state index contributed by atoms with van der Waals surface area (Å²) in [5.74, 6) is -0.309. The number of carbonyl (C=O) groups excluding carboxylic acids is 1. The number of aromatic amines is 1. The van der Waals surface area contributed by atoms with Crippen molar-refractivity contribution in [3.63, 3.8) is 0 Å². The van der Waals surface area contributed by atoms with Gasteiger partial charge in [-0.05, 0) is 42.8 Å². The lowest BCUT2D eigenvalue weighted by molar-refractivity contribution is -0.114. The molecule has 8 nitrogen and oxygen atoms in total. The number of anilines is 1. The van der Waals surface area contributed by atoms with Crippen molar-refractivity contribution in [3.8, 4) is 22.5 Å². The molecule has 4 aromatic rings. The fourth-order valence-corrected chi connectivity index (χ4v) is 4.22. The number of aryl methyl sites for hydroxylation is 1. The molecule has 1 fully saturated rings. The van der Waals surface area contributed by atoms with Gasteiger partial charge in [0.15, 0.2) is 0 Å². The fourth-order valence-electron chi connectivity index (χ4n) is 4.22. The van der Waals surface area contributed by atoms with Crippen molar-refractivity contribution in [2.24, 2.45) is 7.05 Å². The van der Waals surface area contributed by atoms with Crippen LogP contribution < -0.4 is 11.0 Å². The van der Waals surface area contributed by atoms with Crippen molar-refractivity contribution in [1.82, 2.24) is 19.1 Å². The second kappa shape index (κ2) is 7.76. The SMILES string of the molecule is CC(=O)Nc1nc(-c2ccc3c(c2)n(C)c(=O)n3C2CCOC2)c(-c2ccc(F)cc2)[nH]1. The van der Waals surface area contributed by atoms with Gasteiger partial charge in [0.2, 0.25) is 11.9 Å². The Kier molecular flexibility index (Phi) is 4.90. The predicted molar refractivity (Wildman–Crippen MR) is 119 cm³/mol. The van der Waals surface area contributed by atoms with E-state index >= 15 is 0 Å². The number of hydrogen-bond donors (Lipinski definition) is 2. The lowest BCUT2D eigenvalue weighted by Gasteiger charge is -2.10. The summed E-state index contributed by atoms with van der Waals surface area (Å²) in [5.41, 5.74) is 4.23. The largest absolute Gasteiger partial charge is 0.379 e. The lowest BCUT2D eigenvalue weighted by atomic mass is 10.0. The van der Waals surface area contributed by atoms with Gasteiger partial charge in [0.1, 0.15) is 5.82 Å². The predicted octanol–water partition coefficient (Wildman–Crippen LogP) is 3.46. The molecule has 0 radical (unpaired) electrons. The highest BCUT2D eigenvalue weighted by Crippen LogP contribution is 2.34. The number of ether oxygens (including phenoxy) is 1. The Morgan fingerprint density at radius 2 is 1.94 bits per heavy atom. The van der Waals surface area contributed by atoms with E-state index in [1.165, 1.54) is 19.1 Å². The quantitative estimate of drug-likeness (QED) is 0.513. The average Bonchev–Trinajstić information content (AvgIpc) is 3.48. The topological polar surface area (TPSA) is 93.9 Å². The van der Waals surface area contributed by atoms with Crippen molar-refractivity contribution >= 4 is 22.9 Å². The Morgan fingerprint density at radius 1 is 1.19 bits per heavy atom. The molecule has 164 valence electrons. The molecule has 0 saturated carbocycles. The second-order valence-corrected chi connectivity index (χ2v) is 7.93. The molecule has 1 atom stereocenters. The number of nitrogens with one attached hydrogen (secondary N) is 2. The van der Waals surface area contributed by atoms with Crippen LogP contribution in [0.2, 0.25) is 0 Å². The van der Waals surface area contributed by atoms with Gasteiger partial charge in [0.25, 0.3) is 0 Å². The molecular formula is C23H22FN5O3. The van der Waals surface area contributed by atoms with Crippen molar-refractivity contribution in [2.75, 3.05) is 18.5 Å². The molecule has 2 aromatic heterocycles. The van der Waals surface area contributed by atoms with Gasteiger partial charge >= 0.3 is 5.69 Å². The average molecular weight is 435 g/mol. The highest BCUT2D eigenvalue weighted by Gasteiger charge is 2.24. The number of amides is 1. The van der Waals surface area contributed by atoms with Crippen molar-refractivity contribution in [1.29, 1.82) is 0 Å². The van der Waals surface area contributed by atoms with E-state index in [2.05, 4.69) is 15.3 Å². The molecule has 2 aromatic carbocycles. The van der Waals surface area contributed by atoms with Gasteiger partial charge in [-0.25, -0.2) is 14.2 Å². The van der Waals surface area contributed by atoms with Gasteiger partial charge < -0.3 is 9.72 Å². The van der Waals surface area contributed by atoms with E-state index in [9.17, 15) is 14.0 Å². The molecule has 1 unspecified atom stereocenters. The van der Waals surface area contributed by atoms with Gasteiger partial charge in [-0.1, -0.05) is 6.07 Å². The zero-order valence-electron chi connectivity index (χ0n) is 17.7. The van der Waals surface area contributed by atoms with Crippen LogP contribution in [0.3, 0.4) is 0 Å². The Bertz CT molecular complexity index is 1380. The van der Waals surface area contributed by atoms with Crippen LogP contribution in [0.25, 0.3) is 33.5 Å². The number of imidazole rings is 2. The molecule has 1 amide bonds. The van der Waals surface area contributed by atoms with E-state index < -0.39 is 0 Å². The zero-order valence-corrected chi connectivity index (χ0v) is 17.7. The monoisotopic (exact) mass is 435 g/mol. The van der Waals surface area contributed by atoms with Crippen LogP contribution in [0.5, 0.6) is 0 Å². The first-order valence-corrected chi connectivity index (χ1v) is 10.3. The fraction of sp³-hybridized carbons (Fsp3) is 0.261. The summed E-state index contributed by atoms with van der Waals surface area (Å²) in [6, 6.07) is 11.8. The Hall–Kier alpha value is -3.72. The number of nitrogens with zero attached hydrogens (tertiary/aromatic N) is 3. The summed E-state index contributed by atoms with van der Waals surface area (Å²) in [6.07, 6.45) is 0.801. The van der Waals surface area contributed by atoms with Crippen LogP contribution in [0.15, 0.2) is 47.3 Å². The number of fused-ring (bicyclic) bond motifs is 1. The molecule has 3 heterocycles. The Morgan fingerprint density at radius 3 is 2.62 bits per heavy atom. The standard InChI is InChI=1S/C23H22FN5O3/c1-13(30)25-22-26-20(14-3-6-16(24)7-4-14)21(27-22)15-5-8-18-19(11-15)28(2)23(31)29(18)17-9-10-32-12-17/h3-8,11,17H,9-10,12H2,1-2H3,(H2,25,26,27,30). The molecule has 5 rings (SSSR count). The van der Waals surface area contributed by atoms with Gasteiger partial charge in [-0.3, -0.25) is 19.2 Å². The van der Waals surface area contributed by atoms with Crippen LogP contribution in [-0.4, -0.2) is 38.2 Å². The Labute approximate surface area is 182 Å². The van der Waals surface area contributed by atoms with Gasteiger partial charge in [0.05, 0.1) is 35.1 Å². The van der Waals surface area contributed by atoms with Gasteiger partial charge in [0, 0.05) is 31.7 Å². The van der Waals surface area contributed by atoms with Crippen molar-refractivity contribution in [3.05, 3.63) is 58.8 Å². The normalized spacial score (nSPS) is 16.0. The zero-order chi connectivity index (χ0) is 22.4. The van der Waals surface area contributed by atoms with Crippen molar-refractivity contribution < 1.29 is 13.9 Å². The molecule has 0 aliphatic carbocycles. The van der Waals surface area contributed by atoms with Crippen LogP contribution in [0.1, 0.15) is 19.4 Å². The van der Waals surface area contributed by atoms with E-state index in [1.54, 1.807) is 28.3 Å². The number of carbonyl (C=O) groups is 1. The third-order valence-electron chi connectivity index (χ3n) is 5.76. The number of rotatable bonds is 4.